The van der Waals surface area contributed by atoms with E-state index in [1.165, 1.54) is 35.9 Å². The quantitative estimate of drug-likeness (QED) is 0.117. The lowest BCUT2D eigenvalue weighted by Crippen LogP contribution is -2.62. The average molecular weight is 927 g/mol. The van der Waals surface area contributed by atoms with E-state index in [-0.39, 0.29) is 50.3 Å². The van der Waals surface area contributed by atoms with Crippen molar-refractivity contribution >= 4 is 53.2 Å². The number of nitrogens with zero attached hydrogens (tertiary/aromatic N) is 2. The predicted octanol–water partition coefficient (Wildman–Crippen LogP) is 1.57. The molecule has 1 aromatic rings. The lowest BCUT2D eigenvalue weighted by molar-refractivity contribution is -0.158. The molecule has 11 atom stereocenters. The van der Waals surface area contributed by atoms with E-state index in [1.54, 1.807) is 46.8 Å². The number of amides is 8. The Bertz CT molecular complexity index is 1890. The lowest BCUT2D eigenvalue weighted by atomic mass is 9.95. The van der Waals surface area contributed by atoms with Gasteiger partial charge in [0.15, 0.2) is 0 Å². The number of nitrogens with two attached hydrogens (primary N) is 1. The fraction of sp³-hybridized carbons (Fsp3) is 0.681. The number of esters is 1. The molecule has 0 aliphatic carbocycles. The molecule has 2 fully saturated rings. The van der Waals surface area contributed by atoms with Gasteiger partial charge >= 0.3 is 5.97 Å². The molecule has 66 heavy (non-hydrogen) atoms. The Morgan fingerprint density at radius 3 is 2.02 bits per heavy atom. The zero-order valence-electron chi connectivity index (χ0n) is 40.3. The maximum atomic E-state index is 14.6. The van der Waals surface area contributed by atoms with Gasteiger partial charge in [0.05, 0.1) is 0 Å². The maximum Gasteiger partial charge on any atom is 0.329 e. The number of phenols is 1. The summed E-state index contributed by atoms with van der Waals surface area (Å²) in [5, 5.41) is 23.7. The van der Waals surface area contributed by atoms with Crippen LogP contribution in [0.4, 0.5) is 0 Å². The molecule has 0 spiro atoms. The Morgan fingerprint density at radius 1 is 0.833 bits per heavy atom. The number of hydrogen-bond acceptors (Lipinski definition) is 11. The molecule has 1 aromatic carbocycles. The molecular weight excluding hydrogens is 853 g/mol. The number of carbonyl (C=O) groups is 9. The van der Waals surface area contributed by atoms with Crippen molar-refractivity contribution in [3.8, 4) is 5.75 Å². The average Bonchev–Trinajstić information content (AvgIpc) is 3.78. The zero-order chi connectivity index (χ0) is 49.6. The molecular formula is C47H74N8O11. The fourth-order valence-electron chi connectivity index (χ4n) is 7.97. The molecule has 0 radical (unpaired) electrons. The van der Waals surface area contributed by atoms with Crippen molar-refractivity contribution in [2.75, 3.05) is 13.6 Å². The Hall–Kier alpha value is -5.75. The normalized spacial score (nSPS) is 25.7. The smallest absolute Gasteiger partial charge is 0.329 e. The number of likely N-dealkylation sites (N-methyl/N-ethyl adjacent to an activating group) is 1. The first-order valence-electron chi connectivity index (χ1n) is 23.4. The number of phenolic OH excluding ortho intramolecular Hbond substituents is 1. The van der Waals surface area contributed by atoms with E-state index >= 15 is 0 Å². The summed E-state index contributed by atoms with van der Waals surface area (Å²) in [5.74, 6) is -8.19. The highest BCUT2D eigenvalue weighted by Gasteiger charge is 2.44. The topological polar surface area (TPSA) is 276 Å². The monoisotopic (exact) mass is 927 g/mol. The van der Waals surface area contributed by atoms with Crippen LogP contribution in [0.1, 0.15) is 119 Å². The molecule has 0 aromatic heterocycles. The van der Waals surface area contributed by atoms with Crippen LogP contribution in [0.25, 0.3) is 0 Å². The van der Waals surface area contributed by atoms with Gasteiger partial charge in [-0.25, -0.2) is 4.79 Å². The molecule has 8 amide bonds. The van der Waals surface area contributed by atoms with Crippen LogP contribution in [-0.2, 0) is 54.3 Å². The van der Waals surface area contributed by atoms with Gasteiger partial charge < -0.3 is 52.0 Å². The highest BCUT2D eigenvalue weighted by Crippen LogP contribution is 2.24. The summed E-state index contributed by atoms with van der Waals surface area (Å²) in [6, 6.07) is -2.95. The van der Waals surface area contributed by atoms with E-state index in [9.17, 15) is 48.3 Å². The number of hydrogen-bond donors (Lipinski definition) is 7. The third-order valence-electron chi connectivity index (χ3n) is 12.9. The summed E-state index contributed by atoms with van der Waals surface area (Å²) < 4.78 is 5.95. The van der Waals surface area contributed by atoms with Gasteiger partial charge in [-0.1, -0.05) is 80.4 Å². The molecule has 0 saturated carbocycles. The summed E-state index contributed by atoms with van der Waals surface area (Å²) >= 11 is 0. The van der Waals surface area contributed by atoms with Gasteiger partial charge in [0.1, 0.15) is 54.1 Å². The second-order valence-corrected chi connectivity index (χ2v) is 18.5. The summed E-state index contributed by atoms with van der Waals surface area (Å²) in [7, 11) is 1.43. The van der Waals surface area contributed by atoms with Crippen LogP contribution in [0, 0.1) is 23.7 Å². The van der Waals surface area contributed by atoms with Crippen LogP contribution in [-0.4, -0.2) is 130 Å². The molecule has 0 bridgehead atoms. The van der Waals surface area contributed by atoms with Crippen LogP contribution in [0.15, 0.2) is 24.3 Å². The highest BCUT2D eigenvalue weighted by atomic mass is 16.5. The number of aromatic hydroxyl groups is 1. The fourth-order valence-corrected chi connectivity index (χ4v) is 7.97. The van der Waals surface area contributed by atoms with Crippen molar-refractivity contribution in [1.29, 1.82) is 0 Å². The molecule has 8 N–H and O–H groups in total. The number of fused-ring (bicyclic) bond motifs is 1. The van der Waals surface area contributed by atoms with Gasteiger partial charge in [0.25, 0.3) is 0 Å². The second-order valence-electron chi connectivity index (χ2n) is 18.5. The molecule has 2 saturated heterocycles. The number of ether oxygens (including phenoxy) is 1. The molecule has 368 valence electrons. The van der Waals surface area contributed by atoms with Crippen LogP contribution in [0.3, 0.4) is 0 Å². The SMILES string of the molecule is CCC(C)C(=O)N[C@@H](CCC(N)=O)C(=O)N[C@@H]1C(=O)N[C@@H](CC(C)C)C(=O)N2CCCC2C(=O)NC(C(C)CC)C(=O)N(C)[C@@H](Cc2ccc(O)cc2)C(=O)N[C@@H](C(C)CC)C(=O)O[C@@H]1C. The first kappa shape index (κ1) is 54.6. The van der Waals surface area contributed by atoms with Gasteiger partial charge in [-0.3, -0.25) is 38.4 Å². The minimum atomic E-state index is -1.70. The van der Waals surface area contributed by atoms with Crippen molar-refractivity contribution in [3.05, 3.63) is 29.8 Å². The third-order valence-corrected chi connectivity index (χ3v) is 12.9. The predicted molar refractivity (Wildman–Crippen MR) is 245 cm³/mol. The number of carbonyl (C=O) groups excluding carboxylic acids is 9. The zero-order valence-corrected chi connectivity index (χ0v) is 40.3. The number of nitrogens with one attached hydrogen (secondary N) is 5. The van der Waals surface area contributed by atoms with Crippen molar-refractivity contribution in [2.24, 2.45) is 29.4 Å². The van der Waals surface area contributed by atoms with Gasteiger partial charge in [0, 0.05) is 32.4 Å². The molecule has 2 aliphatic heterocycles. The summed E-state index contributed by atoms with van der Waals surface area (Å²) in [6.07, 6.45) is 0.0414. The molecule has 5 unspecified atom stereocenters. The number of cyclic esters (lactones) is 1. The van der Waals surface area contributed by atoms with Gasteiger partial charge in [-0.2, -0.15) is 0 Å². The van der Waals surface area contributed by atoms with E-state index in [0.717, 1.165) is 0 Å². The Labute approximate surface area is 388 Å². The van der Waals surface area contributed by atoms with Crippen molar-refractivity contribution in [3.63, 3.8) is 0 Å². The van der Waals surface area contributed by atoms with Crippen LogP contribution in [0.2, 0.25) is 0 Å². The Balaban J connectivity index is 2.24. The molecule has 2 aliphatic rings. The number of benzene rings is 1. The minimum Gasteiger partial charge on any atom is -0.508 e. The Morgan fingerprint density at radius 2 is 1.44 bits per heavy atom. The summed E-state index contributed by atoms with van der Waals surface area (Å²) in [6.45, 7) is 15.8. The van der Waals surface area contributed by atoms with Crippen LogP contribution in [0.5, 0.6) is 5.75 Å². The first-order valence-corrected chi connectivity index (χ1v) is 23.4. The van der Waals surface area contributed by atoms with E-state index in [0.29, 0.717) is 31.2 Å². The third kappa shape index (κ3) is 14.9. The number of rotatable bonds is 16. The largest absolute Gasteiger partial charge is 0.508 e. The van der Waals surface area contributed by atoms with E-state index in [4.69, 9.17) is 10.5 Å². The first-order chi connectivity index (χ1) is 31.0. The molecule has 2 heterocycles. The van der Waals surface area contributed by atoms with Crippen LogP contribution < -0.4 is 32.3 Å². The van der Waals surface area contributed by atoms with Gasteiger partial charge in [0.2, 0.25) is 47.3 Å². The van der Waals surface area contributed by atoms with Crippen LogP contribution >= 0.6 is 0 Å². The van der Waals surface area contributed by atoms with Crippen molar-refractivity contribution in [2.45, 2.75) is 168 Å². The lowest BCUT2D eigenvalue weighted by Gasteiger charge is -2.35. The van der Waals surface area contributed by atoms with E-state index in [1.807, 2.05) is 20.8 Å². The Kier molecular flexibility index (Phi) is 20.9. The summed E-state index contributed by atoms with van der Waals surface area (Å²) in [5.41, 5.74) is 5.98. The van der Waals surface area contributed by atoms with Gasteiger partial charge in [-0.15, -0.1) is 0 Å². The van der Waals surface area contributed by atoms with E-state index in [2.05, 4.69) is 26.6 Å². The minimum absolute atomic E-state index is 0.0171. The summed E-state index contributed by atoms with van der Waals surface area (Å²) in [4.78, 5) is 129. The van der Waals surface area contributed by atoms with E-state index < -0.39 is 119 Å². The van der Waals surface area contributed by atoms with Crippen molar-refractivity contribution in [1.82, 2.24) is 36.4 Å². The van der Waals surface area contributed by atoms with Gasteiger partial charge in [-0.05, 0) is 74.5 Å². The molecule has 3 rings (SSSR count). The standard InChI is InChI=1S/C47H74N8O11/c1-11-26(6)37-46(64)54(10)35(24-30-16-18-31(56)19-17-30)43(61)52-38(27(7)12-2)47(65)66-29(9)39(53-41(59)32(20-21-36(48)57)49-40(58)28(8)13-3)44(62)50-33(23-25(4)5)45(63)55-22-14-15-34(55)42(60)51-37/h16-19,25-29,32-35,37-39,56H,11-15,20-24H2,1-10H3,(H2,48,57)(H,49,58)(H,50,62)(H,51,60)(H,52,61)(H,53,59)/t26?,27?,28?,29-,32+,33+,34?,35+,37?,38+,39+/m1/s1. The maximum absolute atomic E-state index is 14.6. The highest BCUT2D eigenvalue weighted by molar-refractivity contribution is 5.98. The second kappa shape index (κ2) is 25.2. The molecule has 19 nitrogen and oxygen atoms in total. The number of primary amides is 1. The molecule has 19 heteroatoms. The van der Waals surface area contributed by atoms with Crippen molar-refractivity contribution < 1.29 is 53.0 Å².